The Hall–Kier alpha value is -3.86. The quantitative estimate of drug-likeness (QED) is 0.428. The van der Waals surface area contributed by atoms with Crippen LogP contribution in [0.4, 0.5) is 5.69 Å². The minimum Gasteiger partial charge on any atom is -0.497 e. The number of nitrogens with zero attached hydrogens (tertiary/aromatic N) is 4. The van der Waals surface area contributed by atoms with Crippen LogP contribution in [0.1, 0.15) is 28.8 Å². The number of hydrogen-bond acceptors (Lipinski definition) is 4. The van der Waals surface area contributed by atoms with Crippen molar-refractivity contribution in [3.05, 3.63) is 95.2 Å². The molecule has 4 aromatic rings. The van der Waals surface area contributed by atoms with E-state index in [0.717, 1.165) is 43.9 Å². The van der Waals surface area contributed by atoms with Crippen molar-refractivity contribution in [3.8, 4) is 5.75 Å². The van der Waals surface area contributed by atoms with Crippen molar-refractivity contribution in [1.82, 2.24) is 9.47 Å². The van der Waals surface area contributed by atoms with E-state index in [-0.39, 0.29) is 5.54 Å². The van der Waals surface area contributed by atoms with Crippen LogP contribution in [-0.4, -0.2) is 41.7 Å². The molecule has 0 N–H and O–H groups in total. The third kappa shape index (κ3) is 2.61. The highest BCUT2D eigenvalue weighted by molar-refractivity contribution is 6.14. The van der Waals surface area contributed by atoms with E-state index in [2.05, 4.69) is 76.5 Å². The molecule has 0 saturated heterocycles. The Morgan fingerprint density at radius 2 is 1.79 bits per heavy atom. The van der Waals surface area contributed by atoms with Crippen LogP contribution < -0.4 is 4.74 Å². The zero-order valence-electron chi connectivity index (χ0n) is 19.2. The van der Waals surface area contributed by atoms with Crippen molar-refractivity contribution >= 4 is 28.6 Å². The molecule has 34 heavy (non-hydrogen) atoms. The van der Waals surface area contributed by atoms with Gasteiger partial charge in [0.25, 0.3) is 0 Å². The Morgan fingerprint density at radius 1 is 0.971 bits per heavy atom. The summed E-state index contributed by atoms with van der Waals surface area (Å²) < 4.78 is 7.88. The lowest BCUT2D eigenvalue weighted by atomic mass is 9.79. The molecule has 5 heteroatoms. The van der Waals surface area contributed by atoms with Crippen LogP contribution in [0.3, 0.4) is 0 Å². The van der Waals surface area contributed by atoms with Gasteiger partial charge in [-0.05, 0) is 41.8 Å². The lowest BCUT2D eigenvalue weighted by Gasteiger charge is -2.43. The van der Waals surface area contributed by atoms with E-state index in [9.17, 15) is 0 Å². The Morgan fingerprint density at radius 3 is 2.68 bits per heavy atom. The highest BCUT2D eigenvalue weighted by Gasteiger charge is 2.51. The van der Waals surface area contributed by atoms with Crippen LogP contribution in [0.2, 0.25) is 0 Å². The SMILES string of the molecule is COc1ccc(Cn2c3c(c4ccccc42)CCN2C=Nc4ccccc4C24CCN=C34)cc1. The maximum atomic E-state index is 5.39. The summed E-state index contributed by atoms with van der Waals surface area (Å²) in [7, 11) is 1.71. The molecule has 0 bridgehead atoms. The highest BCUT2D eigenvalue weighted by Crippen LogP contribution is 2.48. The summed E-state index contributed by atoms with van der Waals surface area (Å²) in [5.74, 6) is 0.882. The van der Waals surface area contributed by atoms with Gasteiger partial charge in [0.05, 0.1) is 30.5 Å². The van der Waals surface area contributed by atoms with E-state index in [4.69, 9.17) is 14.7 Å². The molecule has 0 fully saturated rings. The Bertz CT molecular complexity index is 1480. The molecule has 0 amide bonds. The van der Waals surface area contributed by atoms with Crippen LogP contribution in [-0.2, 0) is 18.5 Å². The van der Waals surface area contributed by atoms with Gasteiger partial charge in [0.1, 0.15) is 11.3 Å². The molecule has 1 atom stereocenters. The number of rotatable bonds is 3. The van der Waals surface area contributed by atoms with Gasteiger partial charge in [-0.1, -0.05) is 48.5 Å². The summed E-state index contributed by atoms with van der Waals surface area (Å²) in [6, 6.07) is 25.8. The molecule has 0 aliphatic carbocycles. The first kappa shape index (κ1) is 19.6. The lowest BCUT2D eigenvalue weighted by molar-refractivity contribution is 0.261. The standard InChI is InChI=1S/C29H26N4O/c1-34-21-12-10-20(11-13-21)18-33-26-9-5-2-6-22(26)23-14-17-32-19-31-25-8-4-3-7-24(25)29(32)15-16-30-28(29)27(23)33/h2-13,19H,14-18H2,1H3. The molecule has 0 radical (unpaired) electrons. The molecule has 3 aliphatic heterocycles. The summed E-state index contributed by atoms with van der Waals surface area (Å²) in [6.45, 7) is 2.56. The first-order valence-electron chi connectivity index (χ1n) is 12.0. The molecule has 0 saturated carbocycles. The molecule has 7 rings (SSSR count). The van der Waals surface area contributed by atoms with Gasteiger partial charge in [-0.15, -0.1) is 0 Å². The number of aliphatic imine (C=N–C) groups is 2. The van der Waals surface area contributed by atoms with Crippen LogP contribution >= 0.6 is 0 Å². The Kier molecular flexibility index (Phi) is 4.22. The van der Waals surface area contributed by atoms with E-state index >= 15 is 0 Å². The van der Waals surface area contributed by atoms with Crippen LogP contribution in [0.25, 0.3) is 10.9 Å². The normalized spacial score (nSPS) is 20.3. The van der Waals surface area contributed by atoms with E-state index in [0.29, 0.717) is 0 Å². The average Bonchev–Trinajstić information content (AvgIpc) is 3.40. The zero-order valence-corrected chi connectivity index (χ0v) is 19.2. The van der Waals surface area contributed by atoms with E-state index in [1.165, 1.54) is 39.0 Å². The number of hydrogen-bond donors (Lipinski definition) is 0. The fraction of sp³-hybridized carbons (Fsp3) is 0.241. The average molecular weight is 447 g/mol. The topological polar surface area (TPSA) is 42.1 Å². The number of para-hydroxylation sites is 2. The minimum absolute atomic E-state index is 0.254. The highest BCUT2D eigenvalue weighted by atomic mass is 16.5. The smallest absolute Gasteiger partial charge is 0.118 e. The number of ether oxygens (including phenoxy) is 1. The van der Waals surface area contributed by atoms with Crippen LogP contribution in [0.15, 0.2) is 82.8 Å². The second kappa shape index (κ2) is 7.32. The van der Waals surface area contributed by atoms with Crippen molar-refractivity contribution in [2.24, 2.45) is 9.98 Å². The van der Waals surface area contributed by atoms with Crippen molar-refractivity contribution in [2.45, 2.75) is 24.9 Å². The third-order valence-electron chi connectivity index (χ3n) is 7.71. The number of fused-ring (bicyclic) bond motifs is 5. The molecule has 1 aromatic heterocycles. The molecule has 168 valence electrons. The van der Waals surface area contributed by atoms with E-state index in [1.807, 2.05) is 12.1 Å². The summed E-state index contributed by atoms with van der Waals surface area (Å²) >= 11 is 0. The summed E-state index contributed by atoms with van der Waals surface area (Å²) in [6.07, 6.45) is 4.01. The van der Waals surface area contributed by atoms with Crippen molar-refractivity contribution in [2.75, 3.05) is 20.2 Å². The molecule has 3 aromatic carbocycles. The van der Waals surface area contributed by atoms with Crippen molar-refractivity contribution in [1.29, 1.82) is 0 Å². The molecular formula is C29H26N4O. The van der Waals surface area contributed by atoms with Crippen molar-refractivity contribution < 1.29 is 4.74 Å². The first-order valence-corrected chi connectivity index (χ1v) is 12.0. The largest absolute Gasteiger partial charge is 0.497 e. The first-order chi connectivity index (χ1) is 16.8. The fourth-order valence-corrected chi connectivity index (χ4v) is 6.17. The molecule has 3 aliphatic rings. The van der Waals surface area contributed by atoms with Gasteiger partial charge >= 0.3 is 0 Å². The summed E-state index contributed by atoms with van der Waals surface area (Å²) in [4.78, 5) is 12.5. The van der Waals surface area contributed by atoms with Gasteiger partial charge in [-0.25, -0.2) is 4.99 Å². The lowest BCUT2D eigenvalue weighted by Crippen LogP contribution is -2.51. The number of methoxy groups -OCH3 is 1. The van der Waals surface area contributed by atoms with Gasteiger partial charge in [0, 0.05) is 42.5 Å². The zero-order chi connectivity index (χ0) is 22.7. The Labute approximate surface area is 199 Å². The maximum Gasteiger partial charge on any atom is 0.118 e. The monoisotopic (exact) mass is 446 g/mol. The molecular weight excluding hydrogens is 420 g/mol. The van der Waals surface area contributed by atoms with Gasteiger partial charge in [0.15, 0.2) is 0 Å². The fourth-order valence-electron chi connectivity index (χ4n) is 6.17. The van der Waals surface area contributed by atoms with E-state index < -0.39 is 0 Å². The molecule has 5 nitrogen and oxygen atoms in total. The second-order valence-electron chi connectivity index (χ2n) is 9.32. The summed E-state index contributed by atoms with van der Waals surface area (Å²) in [5, 5.41) is 1.33. The van der Waals surface area contributed by atoms with Gasteiger partial charge in [-0.3, -0.25) is 4.99 Å². The van der Waals surface area contributed by atoms with Crippen LogP contribution in [0.5, 0.6) is 5.75 Å². The van der Waals surface area contributed by atoms with Gasteiger partial charge < -0.3 is 14.2 Å². The van der Waals surface area contributed by atoms with Gasteiger partial charge in [-0.2, -0.15) is 0 Å². The minimum atomic E-state index is -0.254. The number of benzene rings is 3. The predicted molar refractivity (Wildman–Crippen MR) is 137 cm³/mol. The molecule has 1 spiro atoms. The predicted octanol–water partition coefficient (Wildman–Crippen LogP) is 5.32. The second-order valence-corrected chi connectivity index (χ2v) is 9.32. The third-order valence-corrected chi connectivity index (χ3v) is 7.71. The van der Waals surface area contributed by atoms with Crippen LogP contribution in [0, 0.1) is 0 Å². The Balaban J connectivity index is 1.47. The summed E-state index contributed by atoms with van der Waals surface area (Å²) in [5.41, 5.74) is 8.52. The molecule has 1 unspecified atom stereocenters. The maximum absolute atomic E-state index is 5.39. The molecule has 4 heterocycles. The van der Waals surface area contributed by atoms with E-state index in [1.54, 1.807) is 7.11 Å². The number of aromatic nitrogens is 1. The van der Waals surface area contributed by atoms with Crippen molar-refractivity contribution in [3.63, 3.8) is 0 Å². The van der Waals surface area contributed by atoms with Gasteiger partial charge in [0.2, 0.25) is 0 Å².